The normalized spacial score (nSPS) is 12.0. The molecule has 0 saturated heterocycles. The van der Waals surface area contributed by atoms with Crippen molar-refractivity contribution < 1.29 is 19.0 Å². The lowest BCUT2D eigenvalue weighted by molar-refractivity contribution is -0.115. The highest BCUT2D eigenvalue weighted by Gasteiger charge is 2.08. The molecule has 0 aromatic heterocycles. The number of rotatable bonds is 8. The van der Waals surface area contributed by atoms with E-state index in [1.54, 1.807) is 36.4 Å². The van der Waals surface area contributed by atoms with Crippen molar-refractivity contribution in [1.82, 2.24) is 4.90 Å². The van der Waals surface area contributed by atoms with Gasteiger partial charge >= 0.3 is 0 Å². The predicted octanol–water partition coefficient (Wildman–Crippen LogP) is 2.31. The van der Waals surface area contributed by atoms with Gasteiger partial charge in [0, 0.05) is 12.2 Å². The van der Waals surface area contributed by atoms with Gasteiger partial charge in [-0.25, -0.2) is 4.39 Å². The van der Waals surface area contributed by atoms with Gasteiger partial charge in [-0.3, -0.25) is 4.79 Å². The van der Waals surface area contributed by atoms with Gasteiger partial charge in [0.25, 0.3) is 0 Å². The summed E-state index contributed by atoms with van der Waals surface area (Å²) in [6.45, 7) is 0.720. The van der Waals surface area contributed by atoms with Gasteiger partial charge in [0.2, 0.25) is 5.91 Å². The van der Waals surface area contributed by atoms with E-state index in [-0.39, 0.29) is 24.8 Å². The highest BCUT2D eigenvalue weighted by atomic mass is 19.1. The van der Waals surface area contributed by atoms with Crippen LogP contribution in [0.25, 0.3) is 0 Å². The number of aliphatic hydroxyl groups excluding tert-OH is 1. The molecule has 0 bridgehead atoms. The van der Waals surface area contributed by atoms with Gasteiger partial charge in [-0.05, 0) is 56.1 Å². The van der Waals surface area contributed by atoms with E-state index in [4.69, 9.17) is 4.74 Å². The van der Waals surface area contributed by atoms with Crippen LogP contribution in [0.2, 0.25) is 0 Å². The molecule has 2 aromatic rings. The first kappa shape index (κ1) is 18.9. The second kappa shape index (κ2) is 9.15. The van der Waals surface area contributed by atoms with Crippen LogP contribution >= 0.6 is 0 Å². The maximum Gasteiger partial charge on any atom is 0.228 e. The van der Waals surface area contributed by atoms with E-state index in [2.05, 4.69) is 5.32 Å². The quantitative estimate of drug-likeness (QED) is 0.770. The molecule has 5 nitrogen and oxygen atoms in total. The third kappa shape index (κ3) is 6.91. The number of carbonyl (C=O) groups excluding carboxylic acids is 1. The largest absolute Gasteiger partial charge is 0.491 e. The number of halogens is 1. The minimum absolute atomic E-state index is 0.104. The number of ether oxygens (including phenoxy) is 1. The van der Waals surface area contributed by atoms with E-state index in [1.165, 1.54) is 12.1 Å². The molecule has 0 aliphatic rings. The van der Waals surface area contributed by atoms with Crippen LogP contribution in [0.4, 0.5) is 10.1 Å². The molecule has 1 atom stereocenters. The van der Waals surface area contributed by atoms with Crippen molar-refractivity contribution >= 4 is 11.6 Å². The summed E-state index contributed by atoms with van der Waals surface area (Å²) in [7, 11) is 3.76. The van der Waals surface area contributed by atoms with Crippen LogP contribution in [0, 0.1) is 5.82 Å². The van der Waals surface area contributed by atoms with Gasteiger partial charge in [0.1, 0.15) is 24.3 Å². The van der Waals surface area contributed by atoms with E-state index in [0.717, 1.165) is 0 Å². The minimum Gasteiger partial charge on any atom is -0.491 e. The van der Waals surface area contributed by atoms with E-state index in [9.17, 15) is 14.3 Å². The summed E-state index contributed by atoms with van der Waals surface area (Å²) in [6.07, 6.45) is -0.465. The van der Waals surface area contributed by atoms with Crippen LogP contribution in [-0.2, 0) is 11.2 Å². The molecular weight excluding hydrogens is 323 g/mol. The second-order valence-electron chi connectivity index (χ2n) is 6.11. The Morgan fingerprint density at radius 3 is 2.60 bits per heavy atom. The number of benzene rings is 2. The van der Waals surface area contributed by atoms with Gasteiger partial charge in [-0.2, -0.15) is 0 Å². The summed E-state index contributed by atoms with van der Waals surface area (Å²) in [6, 6.07) is 12.9. The molecule has 0 fully saturated rings. The van der Waals surface area contributed by atoms with Crippen LogP contribution in [0.5, 0.6) is 5.75 Å². The van der Waals surface area contributed by atoms with E-state index < -0.39 is 6.10 Å². The Balaban J connectivity index is 1.82. The molecule has 0 aliphatic heterocycles. The highest BCUT2D eigenvalue weighted by molar-refractivity contribution is 5.92. The van der Waals surface area contributed by atoms with E-state index in [0.29, 0.717) is 23.5 Å². The smallest absolute Gasteiger partial charge is 0.228 e. The molecule has 0 aliphatic carbocycles. The SMILES string of the molecule is CN(C)CC(O)COc1ccc(NC(=O)Cc2cccc(F)c2)cc1. The Bertz CT molecular complexity index is 689. The van der Waals surface area contributed by atoms with E-state index >= 15 is 0 Å². The zero-order chi connectivity index (χ0) is 18.2. The third-order valence-corrected chi connectivity index (χ3v) is 3.41. The molecule has 0 spiro atoms. The summed E-state index contributed by atoms with van der Waals surface area (Å²) in [5, 5.41) is 12.5. The Morgan fingerprint density at radius 1 is 1.24 bits per heavy atom. The summed E-state index contributed by atoms with van der Waals surface area (Å²) >= 11 is 0. The highest BCUT2D eigenvalue weighted by Crippen LogP contribution is 2.16. The summed E-state index contributed by atoms with van der Waals surface area (Å²) in [4.78, 5) is 13.9. The molecule has 0 radical (unpaired) electrons. The maximum absolute atomic E-state index is 13.1. The first-order valence-corrected chi connectivity index (χ1v) is 8.02. The first-order chi connectivity index (χ1) is 11.9. The minimum atomic E-state index is -0.569. The molecule has 25 heavy (non-hydrogen) atoms. The fourth-order valence-electron chi connectivity index (χ4n) is 2.34. The number of amides is 1. The van der Waals surface area contributed by atoms with Gasteiger partial charge in [0.05, 0.1) is 6.42 Å². The zero-order valence-corrected chi connectivity index (χ0v) is 14.4. The molecule has 2 aromatic carbocycles. The van der Waals surface area contributed by atoms with Crippen molar-refractivity contribution in [3.63, 3.8) is 0 Å². The lowest BCUT2D eigenvalue weighted by Gasteiger charge is -2.16. The van der Waals surface area contributed by atoms with Crippen molar-refractivity contribution in [2.75, 3.05) is 32.6 Å². The number of hydrogen-bond acceptors (Lipinski definition) is 4. The summed E-state index contributed by atoms with van der Waals surface area (Å²) < 4.78 is 18.6. The van der Waals surface area contributed by atoms with Crippen LogP contribution in [0.3, 0.4) is 0 Å². The van der Waals surface area contributed by atoms with Crippen molar-refractivity contribution in [3.8, 4) is 5.75 Å². The second-order valence-corrected chi connectivity index (χ2v) is 6.11. The maximum atomic E-state index is 13.1. The average molecular weight is 346 g/mol. The molecule has 1 amide bonds. The number of nitrogens with one attached hydrogen (secondary N) is 1. The Hall–Kier alpha value is -2.44. The van der Waals surface area contributed by atoms with Gasteiger partial charge in [0.15, 0.2) is 0 Å². The topological polar surface area (TPSA) is 61.8 Å². The first-order valence-electron chi connectivity index (χ1n) is 8.02. The van der Waals surface area contributed by atoms with Gasteiger partial charge in [-0.15, -0.1) is 0 Å². The fourth-order valence-corrected chi connectivity index (χ4v) is 2.34. The monoisotopic (exact) mass is 346 g/mol. The number of anilines is 1. The van der Waals surface area contributed by atoms with Gasteiger partial charge in [-0.1, -0.05) is 12.1 Å². The number of carbonyl (C=O) groups is 1. The Labute approximate surface area is 147 Å². The zero-order valence-electron chi connectivity index (χ0n) is 14.4. The Morgan fingerprint density at radius 2 is 1.96 bits per heavy atom. The average Bonchev–Trinajstić information content (AvgIpc) is 2.53. The van der Waals surface area contributed by atoms with Crippen molar-refractivity contribution in [3.05, 3.63) is 59.9 Å². The number of aliphatic hydroxyl groups is 1. The van der Waals surface area contributed by atoms with Crippen molar-refractivity contribution in [1.29, 1.82) is 0 Å². The fraction of sp³-hybridized carbons (Fsp3) is 0.316. The third-order valence-electron chi connectivity index (χ3n) is 3.41. The molecule has 0 saturated carbocycles. The number of likely N-dealkylation sites (N-methyl/N-ethyl adjacent to an activating group) is 1. The van der Waals surface area contributed by atoms with Crippen molar-refractivity contribution in [2.45, 2.75) is 12.5 Å². The molecule has 134 valence electrons. The lowest BCUT2D eigenvalue weighted by Crippen LogP contribution is -2.30. The molecule has 0 heterocycles. The number of nitrogens with zero attached hydrogens (tertiary/aromatic N) is 1. The van der Waals surface area contributed by atoms with Crippen LogP contribution in [-0.4, -0.2) is 49.3 Å². The van der Waals surface area contributed by atoms with Crippen LogP contribution < -0.4 is 10.1 Å². The summed E-state index contributed by atoms with van der Waals surface area (Å²) in [5.74, 6) is 0.0323. The molecule has 6 heteroatoms. The summed E-state index contributed by atoms with van der Waals surface area (Å²) in [5.41, 5.74) is 1.25. The van der Waals surface area contributed by atoms with Gasteiger partial charge < -0.3 is 20.1 Å². The molecular formula is C19H23FN2O3. The van der Waals surface area contributed by atoms with E-state index in [1.807, 2.05) is 19.0 Å². The predicted molar refractivity (Wildman–Crippen MR) is 95.2 cm³/mol. The molecule has 2 N–H and O–H groups in total. The Kier molecular flexibility index (Phi) is 6.91. The standard InChI is InChI=1S/C19H23FN2O3/c1-22(2)12-17(23)13-25-18-8-6-16(7-9-18)21-19(24)11-14-4-3-5-15(20)10-14/h3-10,17,23H,11-13H2,1-2H3,(H,21,24). The molecule has 2 rings (SSSR count). The lowest BCUT2D eigenvalue weighted by atomic mass is 10.1. The van der Waals surface area contributed by atoms with Crippen LogP contribution in [0.15, 0.2) is 48.5 Å². The van der Waals surface area contributed by atoms with Crippen molar-refractivity contribution in [2.24, 2.45) is 0 Å². The molecule has 1 unspecified atom stereocenters. The van der Waals surface area contributed by atoms with Crippen LogP contribution in [0.1, 0.15) is 5.56 Å². The number of hydrogen-bond donors (Lipinski definition) is 2.